The van der Waals surface area contributed by atoms with Crippen LogP contribution in [-0.2, 0) is 0 Å². The second-order valence-electron chi connectivity index (χ2n) is 6.60. The lowest BCUT2D eigenvalue weighted by atomic mass is 10.1. The molecular formula is C14H21BrN2O2. The van der Waals surface area contributed by atoms with Crippen molar-refractivity contribution in [1.29, 1.82) is 0 Å². The smallest absolute Gasteiger partial charge is 0.259 e. The third-order valence-electron chi connectivity index (χ3n) is 2.55. The molecular weight excluding hydrogens is 308 g/mol. The van der Waals surface area contributed by atoms with E-state index < -0.39 is 11.1 Å². The third-order valence-corrected chi connectivity index (χ3v) is 3.01. The van der Waals surface area contributed by atoms with E-state index in [1.807, 2.05) is 41.5 Å². The Balaban J connectivity index is 3.26. The van der Waals surface area contributed by atoms with Crippen molar-refractivity contribution in [2.24, 2.45) is 0 Å². The van der Waals surface area contributed by atoms with Crippen molar-refractivity contribution in [2.45, 2.75) is 52.6 Å². The van der Waals surface area contributed by atoms with Gasteiger partial charge in [-0.2, -0.15) is 0 Å². The average Bonchev–Trinajstić information content (AvgIpc) is 2.23. The van der Waals surface area contributed by atoms with Crippen LogP contribution in [0.2, 0.25) is 0 Å². The fraction of sp³-hybridized carbons (Fsp3) is 0.571. The molecule has 0 aliphatic carbocycles. The Morgan fingerprint density at radius 1 is 1.11 bits per heavy atom. The molecule has 0 radical (unpaired) electrons. The summed E-state index contributed by atoms with van der Waals surface area (Å²) in [5.74, 6) is 0. The summed E-state index contributed by atoms with van der Waals surface area (Å²) in [5, 5.41) is 13.1. The van der Waals surface area contributed by atoms with E-state index in [1.165, 1.54) is 0 Å². The molecule has 106 valence electrons. The number of hydrogen-bond donors (Lipinski definition) is 0. The zero-order valence-electron chi connectivity index (χ0n) is 12.3. The van der Waals surface area contributed by atoms with Gasteiger partial charge in [0.25, 0.3) is 5.69 Å². The van der Waals surface area contributed by atoms with Crippen LogP contribution in [0, 0.1) is 10.1 Å². The summed E-state index contributed by atoms with van der Waals surface area (Å²) in [7, 11) is 0. The van der Waals surface area contributed by atoms with Crippen LogP contribution in [-0.4, -0.2) is 15.8 Å². The largest absolute Gasteiger partial charge is 0.758 e. The number of benzene rings is 1. The molecule has 0 unspecified atom stereocenters. The van der Waals surface area contributed by atoms with Crippen LogP contribution in [0.1, 0.15) is 41.5 Å². The topological polar surface area (TPSA) is 46.4 Å². The SMILES string of the molecule is CC(C)(C)N([O-])c1cc(Br)cc([N+](=O)C(C)(C)C)c1. The molecule has 0 spiro atoms. The predicted octanol–water partition coefficient (Wildman–Crippen LogP) is 4.76. The van der Waals surface area contributed by atoms with Gasteiger partial charge in [0.15, 0.2) is 0 Å². The minimum absolute atomic E-state index is 0.474. The minimum atomic E-state index is -0.548. The molecule has 4 nitrogen and oxygen atoms in total. The lowest BCUT2D eigenvalue weighted by molar-refractivity contribution is -0.540. The fourth-order valence-corrected chi connectivity index (χ4v) is 2.04. The van der Waals surface area contributed by atoms with Crippen LogP contribution in [0.5, 0.6) is 0 Å². The van der Waals surface area contributed by atoms with E-state index in [4.69, 9.17) is 0 Å². The van der Waals surface area contributed by atoms with Crippen LogP contribution >= 0.6 is 15.9 Å². The number of nitroso groups, excluding NO2 is 1. The summed E-state index contributed by atoms with van der Waals surface area (Å²) in [4.78, 5) is 12.2. The van der Waals surface area contributed by atoms with Gasteiger partial charge in [-0.3, -0.25) is 0 Å². The van der Waals surface area contributed by atoms with Gasteiger partial charge in [0.05, 0.1) is 0 Å². The van der Waals surface area contributed by atoms with Gasteiger partial charge in [0.1, 0.15) is 0 Å². The second-order valence-corrected chi connectivity index (χ2v) is 7.51. The average molecular weight is 329 g/mol. The number of hydroxylamine groups is 1. The number of rotatable bonds is 2. The third kappa shape index (κ3) is 4.01. The van der Waals surface area contributed by atoms with E-state index in [0.717, 1.165) is 14.3 Å². The van der Waals surface area contributed by atoms with Gasteiger partial charge in [0.2, 0.25) is 5.54 Å². The Morgan fingerprint density at radius 2 is 1.63 bits per heavy atom. The molecule has 0 saturated heterocycles. The zero-order valence-corrected chi connectivity index (χ0v) is 13.9. The highest BCUT2D eigenvalue weighted by molar-refractivity contribution is 9.10. The maximum atomic E-state index is 12.2. The molecule has 1 rings (SSSR count). The van der Waals surface area contributed by atoms with Crippen LogP contribution in [0.15, 0.2) is 22.7 Å². The second kappa shape index (κ2) is 5.21. The molecule has 0 saturated carbocycles. The van der Waals surface area contributed by atoms with E-state index in [-0.39, 0.29) is 0 Å². The van der Waals surface area contributed by atoms with Gasteiger partial charge in [-0.05, 0) is 26.8 Å². The Kier molecular flexibility index (Phi) is 4.42. The molecule has 0 amide bonds. The van der Waals surface area contributed by atoms with Crippen LogP contribution in [0.4, 0.5) is 11.4 Å². The van der Waals surface area contributed by atoms with E-state index in [0.29, 0.717) is 11.4 Å². The summed E-state index contributed by atoms with van der Waals surface area (Å²) >= 11 is 3.35. The Bertz CT molecular complexity index is 487. The van der Waals surface area contributed by atoms with Gasteiger partial charge in [-0.1, -0.05) is 15.9 Å². The monoisotopic (exact) mass is 328 g/mol. The van der Waals surface area contributed by atoms with Crippen LogP contribution in [0.3, 0.4) is 0 Å². The van der Waals surface area contributed by atoms with Gasteiger partial charge >= 0.3 is 0 Å². The molecule has 0 atom stereocenters. The molecule has 19 heavy (non-hydrogen) atoms. The first-order valence-electron chi connectivity index (χ1n) is 6.18. The van der Waals surface area contributed by atoms with E-state index in [2.05, 4.69) is 15.9 Å². The fourth-order valence-electron chi connectivity index (χ4n) is 1.57. The Morgan fingerprint density at radius 3 is 2.05 bits per heavy atom. The standard InChI is InChI=1S/C14H21BrN2O2/c1-13(2,3)16(18)11-7-10(15)8-12(9-11)17(19)14(4,5)6/h7-9H,1-6H3. The van der Waals surface area contributed by atoms with Gasteiger partial charge in [-0.15, -0.1) is 0 Å². The highest BCUT2D eigenvalue weighted by Crippen LogP contribution is 2.32. The molecule has 0 aromatic heterocycles. The van der Waals surface area contributed by atoms with E-state index >= 15 is 0 Å². The van der Waals surface area contributed by atoms with Gasteiger partial charge < -0.3 is 10.3 Å². The molecule has 0 heterocycles. The molecule has 1 aromatic rings. The molecule has 0 aliphatic heterocycles. The van der Waals surface area contributed by atoms with Gasteiger partial charge in [-0.25, -0.2) is 0 Å². The van der Waals surface area contributed by atoms with Crippen molar-refractivity contribution in [1.82, 2.24) is 0 Å². The molecule has 5 heteroatoms. The normalized spacial score (nSPS) is 12.4. The number of hydrogen-bond acceptors (Lipinski definition) is 3. The molecule has 0 N–H and O–H groups in total. The van der Waals surface area contributed by atoms with E-state index in [1.54, 1.807) is 18.2 Å². The summed E-state index contributed by atoms with van der Waals surface area (Å²) in [6, 6.07) is 5.07. The molecule has 1 aromatic carbocycles. The van der Waals surface area contributed by atoms with Crippen LogP contribution in [0.25, 0.3) is 0 Å². The van der Waals surface area contributed by atoms with Crippen LogP contribution < -0.4 is 5.06 Å². The van der Waals surface area contributed by atoms with Crippen molar-refractivity contribution >= 4 is 27.3 Å². The van der Waals surface area contributed by atoms with Crippen molar-refractivity contribution in [2.75, 3.05) is 5.06 Å². The zero-order chi connectivity index (χ0) is 15.0. The first kappa shape index (κ1) is 16.1. The number of nitrogens with zero attached hydrogens (tertiary/aromatic N) is 2. The van der Waals surface area contributed by atoms with Crippen molar-refractivity contribution < 1.29 is 4.76 Å². The molecule has 0 bridgehead atoms. The van der Waals surface area contributed by atoms with Crippen molar-refractivity contribution in [3.8, 4) is 0 Å². The predicted molar refractivity (Wildman–Crippen MR) is 82.8 cm³/mol. The van der Waals surface area contributed by atoms with Crippen molar-refractivity contribution in [3.63, 3.8) is 0 Å². The first-order chi connectivity index (χ1) is 8.43. The number of anilines is 1. The molecule has 0 aliphatic rings. The Hall–Kier alpha value is -0.940. The summed E-state index contributed by atoms with van der Waals surface area (Å²) in [5.41, 5.74) is -0.148. The first-order valence-corrected chi connectivity index (χ1v) is 6.97. The lowest BCUT2D eigenvalue weighted by Crippen LogP contribution is -2.36. The highest BCUT2D eigenvalue weighted by atomic mass is 79.9. The highest BCUT2D eigenvalue weighted by Gasteiger charge is 2.32. The summed E-state index contributed by atoms with van der Waals surface area (Å²) < 4.78 is 1.63. The minimum Gasteiger partial charge on any atom is -0.758 e. The quantitative estimate of drug-likeness (QED) is 0.580. The Labute approximate surface area is 123 Å². The number of halogens is 1. The van der Waals surface area contributed by atoms with Crippen molar-refractivity contribution in [3.05, 3.63) is 32.8 Å². The lowest BCUT2D eigenvalue weighted by Gasteiger charge is -2.43. The maximum absolute atomic E-state index is 12.2. The molecule has 0 fully saturated rings. The van der Waals surface area contributed by atoms with Gasteiger partial charge in [0, 0.05) is 58.3 Å². The maximum Gasteiger partial charge on any atom is 0.259 e. The van der Waals surface area contributed by atoms with E-state index in [9.17, 15) is 10.1 Å². The summed E-state index contributed by atoms with van der Waals surface area (Å²) in [6.07, 6.45) is 0. The summed E-state index contributed by atoms with van der Waals surface area (Å²) in [6.45, 7) is 11.0.